The second-order valence-corrected chi connectivity index (χ2v) is 4.83. The molecule has 0 aliphatic carbocycles. The molecule has 0 amide bonds. The summed E-state index contributed by atoms with van der Waals surface area (Å²) in [7, 11) is 1.74. The number of hydrogen-bond donors (Lipinski definition) is 1. The number of rotatable bonds is 2. The minimum Gasteiger partial charge on any atom is -0.496 e. The third-order valence-corrected chi connectivity index (χ3v) is 3.46. The molecule has 1 aromatic carbocycles. The second kappa shape index (κ2) is 4.99. The Morgan fingerprint density at radius 3 is 2.73 bits per heavy atom. The zero-order valence-corrected chi connectivity index (χ0v) is 10.5. The maximum absolute atomic E-state index is 5.41. The summed E-state index contributed by atoms with van der Waals surface area (Å²) < 4.78 is 6.55. The fourth-order valence-electron chi connectivity index (χ4n) is 2.16. The molecule has 0 saturated carbocycles. The minimum absolute atomic E-state index is 0.638. The number of nitrogens with one attached hydrogen (secondary N) is 1. The Kier molecular flexibility index (Phi) is 3.65. The maximum atomic E-state index is 5.41. The molecule has 1 heterocycles. The monoisotopic (exact) mass is 269 g/mol. The van der Waals surface area contributed by atoms with Crippen LogP contribution in [0.2, 0.25) is 0 Å². The molecule has 0 atom stereocenters. The van der Waals surface area contributed by atoms with Gasteiger partial charge in [-0.25, -0.2) is 0 Å². The van der Waals surface area contributed by atoms with Crippen LogP contribution < -0.4 is 10.1 Å². The first kappa shape index (κ1) is 11.0. The van der Waals surface area contributed by atoms with Crippen molar-refractivity contribution in [2.45, 2.75) is 18.8 Å². The molecule has 0 spiro atoms. The normalized spacial score (nSPS) is 17.7. The van der Waals surface area contributed by atoms with E-state index in [1.165, 1.54) is 18.4 Å². The van der Waals surface area contributed by atoms with Crippen LogP contribution in [0, 0.1) is 0 Å². The van der Waals surface area contributed by atoms with Gasteiger partial charge in [-0.2, -0.15) is 0 Å². The lowest BCUT2D eigenvalue weighted by Gasteiger charge is -2.24. The van der Waals surface area contributed by atoms with E-state index in [1.807, 2.05) is 12.1 Å². The van der Waals surface area contributed by atoms with E-state index in [-0.39, 0.29) is 0 Å². The molecule has 0 radical (unpaired) electrons. The van der Waals surface area contributed by atoms with Crippen LogP contribution in [-0.2, 0) is 0 Å². The van der Waals surface area contributed by atoms with E-state index >= 15 is 0 Å². The van der Waals surface area contributed by atoms with E-state index in [4.69, 9.17) is 4.74 Å². The molecular weight excluding hydrogens is 254 g/mol. The summed E-state index contributed by atoms with van der Waals surface area (Å²) in [5.74, 6) is 1.66. The molecular formula is C12H16BrNO. The molecule has 1 aliphatic heterocycles. The van der Waals surface area contributed by atoms with Gasteiger partial charge in [0.1, 0.15) is 5.75 Å². The molecule has 0 bridgehead atoms. The predicted molar refractivity (Wildman–Crippen MR) is 65.5 cm³/mol. The Labute approximate surface area is 99.1 Å². The van der Waals surface area contributed by atoms with Gasteiger partial charge < -0.3 is 10.1 Å². The molecule has 15 heavy (non-hydrogen) atoms. The fraction of sp³-hybridized carbons (Fsp3) is 0.500. The van der Waals surface area contributed by atoms with Crippen molar-refractivity contribution in [3.8, 4) is 5.75 Å². The first-order valence-electron chi connectivity index (χ1n) is 5.35. The Morgan fingerprint density at radius 1 is 1.33 bits per heavy atom. The van der Waals surface area contributed by atoms with Gasteiger partial charge in [-0.3, -0.25) is 0 Å². The molecule has 1 saturated heterocycles. The Morgan fingerprint density at radius 2 is 2.07 bits per heavy atom. The summed E-state index contributed by atoms with van der Waals surface area (Å²) in [5, 5.41) is 3.38. The summed E-state index contributed by atoms with van der Waals surface area (Å²) in [6, 6.07) is 6.26. The van der Waals surface area contributed by atoms with Crippen molar-refractivity contribution < 1.29 is 4.74 Å². The van der Waals surface area contributed by atoms with Crippen molar-refractivity contribution >= 4 is 15.9 Å². The van der Waals surface area contributed by atoms with Gasteiger partial charge >= 0.3 is 0 Å². The van der Waals surface area contributed by atoms with Gasteiger partial charge in [-0.05, 0) is 55.6 Å². The molecule has 0 aromatic heterocycles. The first-order chi connectivity index (χ1) is 7.31. The van der Waals surface area contributed by atoms with Crippen LogP contribution in [0.5, 0.6) is 5.75 Å². The molecule has 2 nitrogen and oxygen atoms in total. The first-order valence-corrected chi connectivity index (χ1v) is 6.14. The molecule has 0 unspecified atom stereocenters. The van der Waals surface area contributed by atoms with Crippen LogP contribution in [0.3, 0.4) is 0 Å². The molecule has 3 heteroatoms. The minimum atomic E-state index is 0.638. The summed E-state index contributed by atoms with van der Waals surface area (Å²) in [5.41, 5.74) is 1.34. The number of benzene rings is 1. The highest BCUT2D eigenvalue weighted by Gasteiger charge is 2.18. The van der Waals surface area contributed by atoms with Crippen LogP contribution >= 0.6 is 15.9 Å². The smallest absolute Gasteiger partial charge is 0.122 e. The van der Waals surface area contributed by atoms with Crippen molar-refractivity contribution in [3.05, 3.63) is 28.2 Å². The van der Waals surface area contributed by atoms with Crippen molar-refractivity contribution in [1.29, 1.82) is 0 Å². The van der Waals surface area contributed by atoms with Crippen molar-refractivity contribution in [3.63, 3.8) is 0 Å². The molecule has 1 N–H and O–H groups in total. The lowest BCUT2D eigenvalue weighted by Crippen LogP contribution is -2.26. The fourth-order valence-corrected chi connectivity index (χ4v) is 2.54. The molecule has 82 valence electrons. The molecule has 1 fully saturated rings. The summed E-state index contributed by atoms with van der Waals surface area (Å²) in [4.78, 5) is 0. The molecule has 1 aliphatic rings. The van der Waals surface area contributed by atoms with Crippen LogP contribution in [0.4, 0.5) is 0 Å². The van der Waals surface area contributed by atoms with E-state index in [0.29, 0.717) is 5.92 Å². The Bertz CT molecular complexity index is 334. The summed E-state index contributed by atoms with van der Waals surface area (Å²) in [6.45, 7) is 2.22. The summed E-state index contributed by atoms with van der Waals surface area (Å²) in [6.07, 6.45) is 2.40. The zero-order chi connectivity index (χ0) is 10.7. The van der Waals surface area contributed by atoms with Gasteiger partial charge in [0.15, 0.2) is 0 Å². The van der Waals surface area contributed by atoms with Crippen LogP contribution in [0.15, 0.2) is 22.7 Å². The SMILES string of the molecule is COc1ccc(Br)cc1C1CCNCC1. The van der Waals surface area contributed by atoms with Gasteiger partial charge in [0.2, 0.25) is 0 Å². The highest BCUT2D eigenvalue weighted by molar-refractivity contribution is 9.10. The van der Waals surface area contributed by atoms with Crippen molar-refractivity contribution in [2.75, 3.05) is 20.2 Å². The molecule has 1 aromatic rings. The van der Waals surface area contributed by atoms with Crippen molar-refractivity contribution in [1.82, 2.24) is 5.32 Å². The standard InChI is InChI=1S/C12H16BrNO/c1-15-12-3-2-10(13)8-11(12)9-4-6-14-7-5-9/h2-3,8-9,14H,4-7H2,1H3. The van der Waals surface area contributed by atoms with Crippen molar-refractivity contribution in [2.24, 2.45) is 0 Å². The Balaban J connectivity index is 2.27. The lowest BCUT2D eigenvalue weighted by molar-refractivity contribution is 0.391. The topological polar surface area (TPSA) is 21.3 Å². The number of methoxy groups -OCH3 is 1. The third-order valence-electron chi connectivity index (χ3n) is 2.97. The largest absolute Gasteiger partial charge is 0.496 e. The number of halogens is 1. The van der Waals surface area contributed by atoms with E-state index in [0.717, 1.165) is 23.3 Å². The Hall–Kier alpha value is -0.540. The summed E-state index contributed by atoms with van der Waals surface area (Å²) >= 11 is 3.52. The lowest BCUT2D eigenvalue weighted by atomic mass is 9.90. The van der Waals surface area contributed by atoms with E-state index in [1.54, 1.807) is 7.11 Å². The quantitative estimate of drug-likeness (QED) is 0.892. The van der Waals surface area contributed by atoms with E-state index in [9.17, 15) is 0 Å². The average Bonchev–Trinajstić information content (AvgIpc) is 2.30. The third kappa shape index (κ3) is 2.52. The van der Waals surface area contributed by atoms with Gasteiger partial charge in [0, 0.05) is 4.47 Å². The number of piperidine rings is 1. The van der Waals surface area contributed by atoms with Crippen LogP contribution in [-0.4, -0.2) is 20.2 Å². The van der Waals surface area contributed by atoms with E-state index in [2.05, 4.69) is 27.3 Å². The highest BCUT2D eigenvalue weighted by atomic mass is 79.9. The maximum Gasteiger partial charge on any atom is 0.122 e. The van der Waals surface area contributed by atoms with Crippen LogP contribution in [0.1, 0.15) is 24.3 Å². The highest BCUT2D eigenvalue weighted by Crippen LogP contribution is 2.34. The van der Waals surface area contributed by atoms with Gasteiger partial charge in [0.25, 0.3) is 0 Å². The van der Waals surface area contributed by atoms with Crippen LogP contribution in [0.25, 0.3) is 0 Å². The van der Waals surface area contributed by atoms with E-state index < -0.39 is 0 Å². The molecule has 2 rings (SSSR count). The predicted octanol–water partition coefficient (Wildman–Crippen LogP) is 2.92. The number of ether oxygens (including phenoxy) is 1. The van der Waals surface area contributed by atoms with Gasteiger partial charge in [-0.15, -0.1) is 0 Å². The second-order valence-electron chi connectivity index (χ2n) is 3.91. The van der Waals surface area contributed by atoms with Gasteiger partial charge in [-0.1, -0.05) is 15.9 Å². The van der Waals surface area contributed by atoms with Gasteiger partial charge in [0.05, 0.1) is 7.11 Å². The average molecular weight is 270 g/mol. The number of hydrogen-bond acceptors (Lipinski definition) is 2. The zero-order valence-electron chi connectivity index (χ0n) is 8.92.